The third-order valence-corrected chi connectivity index (χ3v) is 8.77. The smallest absolute Gasteiger partial charge is 0.320 e. The molecule has 1 saturated heterocycles. The first-order valence-corrected chi connectivity index (χ1v) is 15.1. The highest BCUT2D eigenvalue weighted by Crippen LogP contribution is 2.41. The van der Waals surface area contributed by atoms with Gasteiger partial charge in [0.25, 0.3) is 0 Å². The van der Waals surface area contributed by atoms with E-state index < -0.39 is 17.8 Å². The molecule has 1 atom stereocenters. The van der Waals surface area contributed by atoms with Crippen LogP contribution in [0.1, 0.15) is 59.1 Å². The SMILES string of the molecule is Cc1c(COc2cc(OCc3cncc(F)c3)c(CN3CCCC[C@H]3C(=O)O)c3c2CCC3)cccc1-c1ccccc1. The summed E-state index contributed by atoms with van der Waals surface area (Å²) in [6, 6.07) is 19.5. The Labute approximate surface area is 252 Å². The van der Waals surface area contributed by atoms with E-state index in [-0.39, 0.29) is 6.61 Å². The maximum absolute atomic E-state index is 13.9. The van der Waals surface area contributed by atoms with Crippen molar-refractivity contribution < 1.29 is 23.8 Å². The summed E-state index contributed by atoms with van der Waals surface area (Å²) < 4.78 is 26.8. The number of carboxylic acids is 1. The van der Waals surface area contributed by atoms with Gasteiger partial charge in [0, 0.05) is 29.9 Å². The Bertz CT molecular complexity index is 1610. The number of ether oxygens (including phenoxy) is 2. The van der Waals surface area contributed by atoms with E-state index in [1.807, 2.05) is 24.3 Å². The number of nitrogens with zero attached hydrogens (tertiary/aromatic N) is 2. The standard InChI is InChI=1S/C36H37FN2O4/c1-24-27(11-7-12-29(24)26-9-3-2-4-10-26)23-43-34-18-35(42-22-25-17-28(37)20-38-19-25)32(30-13-8-14-31(30)34)21-39-16-6-5-15-33(39)36(40)41/h2-4,7,9-12,17-20,33H,5-6,8,13-16,21-23H2,1H3,(H,40,41)/t33-/m0/s1. The number of piperidine rings is 1. The van der Waals surface area contributed by atoms with Crippen LogP contribution in [0.25, 0.3) is 11.1 Å². The van der Waals surface area contributed by atoms with Crippen LogP contribution in [0.15, 0.2) is 73.1 Å². The zero-order valence-corrected chi connectivity index (χ0v) is 24.5. The van der Waals surface area contributed by atoms with Crippen LogP contribution in [0.5, 0.6) is 11.5 Å². The first-order valence-electron chi connectivity index (χ1n) is 15.1. The van der Waals surface area contributed by atoms with Crippen molar-refractivity contribution in [3.63, 3.8) is 0 Å². The van der Waals surface area contributed by atoms with Gasteiger partial charge in [-0.2, -0.15) is 0 Å². The molecule has 2 aliphatic rings. The maximum atomic E-state index is 13.9. The van der Waals surface area contributed by atoms with Gasteiger partial charge in [0.05, 0.1) is 6.20 Å². The Kier molecular flexibility index (Phi) is 8.70. The monoisotopic (exact) mass is 580 g/mol. The Balaban J connectivity index is 1.32. The number of carbonyl (C=O) groups is 1. The fraction of sp³-hybridized carbons (Fsp3) is 0.333. The van der Waals surface area contributed by atoms with E-state index in [0.717, 1.165) is 55.5 Å². The second-order valence-electron chi connectivity index (χ2n) is 11.5. The molecule has 2 heterocycles. The number of likely N-dealkylation sites (tertiary alicyclic amines) is 1. The number of rotatable bonds is 10. The van der Waals surface area contributed by atoms with Crippen LogP contribution in [0.3, 0.4) is 0 Å². The van der Waals surface area contributed by atoms with Crippen molar-refractivity contribution in [2.75, 3.05) is 6.54 Å². The number of carboxylic acid groups (broad SMARTS) is 1. The molecule has 222 valence electrons. The van der Waals surface area contributed by atoms with Gasteiger partial charge in [-0.3, -0.25) is 14.7 Å². The van der Waals surface area contributed by atoms with E-state index >= 15 is 0 Å². The molecule has 1 aromatic heterocycles. The van der Waals surface area contributed by atoms with Crippen LogP contribution in [0.2, 0.25) is 0 Å². The molecule has 1 aliphatic carbocycles. The van der Waals surface area contributed by atoms with Gasteiger partial charge in [-0.25, -0.2) is 4.39 Å². The van der Waals surface area contributed by atoms with Crippen LogP contribution in [-0.2, 0) is 37.4 Å². The summed E-state index contributed by atoms with van der Waals surface area (Å²) in [6.07, 6.45) is 8.09. The van der Waals surface area contributed by atoms with Gasteiger partial charge in [0.15, 0.2) is 0 Å². The van der Waals surface area contributed by atoms with Gasteiger partial charge >= 0.3 is 5.97 Å². The van der Waals surface area contributed by atoms with Gasteiger partial charge in [-0.05, 0) is 85.0 Å². The number of fused-ring (bicyclic) bond motifs is 1. The topological polar surface area (TPSA) is 71.9 Å². The van der Waals surface area contributed by atoms with Crippen LogP contribution in [-0.4, -0.2) is 33.5 Å². The molecule has 3 aromatic carbocycles. The highest BCUT2D eigenvalue weighted by molar-refractivity contribution is 5.73. The van der Waals surface area contributed by atoms with Crippen molar-refractivity contribution in [2.45, 2.75) is 71.2 Å². The second kappa shape index (κ2) is 13.0. The number of aliphatic carboxylic acids is 1. The van der Waals surface area contributed by atoms with Crippen molar-refractivity contribution in [2.24, 2.45) is 0 Å². The maximum Gasteiger partial charge on any atom is 0.320 e. The third-order valence-electron chi connectivity index (χ3n) is 8.77. The molecule has 43 heavy (non-hydrogen) atoms. The lowest BCUT2D eigenvalue weighted by Crippen LogP contribution is -2.44. The van der Waals surface area contributed by atoms with Gasteiger partial charge in [0.2, 0.25) is 0 Å². The van der Waals surface area contributed by atoms with Gasteiger partial charge in [0.1, 0.15) is 36.6 Å². The Morgan fingerprint density at radius 2 is 1.77 bits per heavy atom. The van der Waals surface area contributed by atoms with E-state index in [4.69, 9.17) is 9.47 Å². The number of hydrogen-bond donors (Lipinski definition) is 1. The minimum absolute atomic E-state index is 0.149. The molecule has 0 radical (unpaired) electrons. The molecule has 1 fully saturated rings. The summed E-state index contributed by atoms with van der Waals surface area (Å²) >= 11 is 0. The minimum atomic E-state index is -0.780. The van der Waals surface area contributed by atoms with Gasteiger partial charge in [-0.15, -0.1) is 0 Å². The second-order valence-corrected chi connectivity index (χ2v) is 11.5. The van der Waals surface area contributed by atoms with Crippen molar-refractivity contribution in [3.05, 3.63) is 112 Å². The molecule has 0 bridgehead atoms. The average molecular weight is 581 g/mol. The van der Waals surface area contributed by atoms with Crippen LogP contribution < -0.4 is 9.47 Å². The van der Waals surface area contributed by atoms with Crippen molar-refractivity contribution >= 4 is 5.97 Å². The summed E-state index contributed by atoms with van der Waals surface area (Å²) in [5, 5.41) is 9.93. The molecular weight excluding hydrogens is 543 g/mol. The van der Waals surface area contributed by atoms with Crippen LogP contribution >= 0.6 is 0 Å². The lowest BCUT2D eigenvalue weighted by atomic mass is 9.96. The highest BCUT2D eigenvalue weighted by atomic mass is 19.1. The van der Waals surface area contributed by atoms with E-state index in [0.29, 0.717) is 30.9 Å². The Morgan fingerprint density at radius 1 is 0.953 bits per heavy atom. The van der Waals surface area contributed by atoms with E-state index in [1.54, 1.807) is 6.20 Å². The number of pyridine rings is 1. The number of benzene rings is 3. The first kappa shape index (κ1) is 28.9. The first-order chi connectivity index (χ1) is 21.0. The fourth-order valence-electron chi connectivity index (χ4n) is 6.51. The summed E-state index contributed by atoms with van der Waals surface area (Å²) in [5.74, 6) is 0.258. The molecule has 1 aliphatic heterocycles. The lowest BCUT2D eigenvalue weighted by molar-refractivity contribution is -0.144. The summed E-state index contributed by atoms with van der Waals surface area (Å²) in [7, 11) is 0. The molecule has 0 unspecified atom stereocenters. The lowest BCUT2D eigenvalue weighted by Gasteiger charge is -2.34. The summed E-state index contributed by atoms with van der Waals surface area (Å²) in [4.78, 5) is 18.1. The number of halogens is 1. The third kappa shape index (κ3) is 6.42. The van der Waals surface area contributed by atoms with E-state index in [1.165, 1.54) is 40.1 Å². The van der Waals surface area contributed by atoms with E-state index in [2.05, 4.69) is 47.1 Å². The molecule has 6 nitrogen and oxygen atoms in total. The molecule has 1 N–H and O–H groups in total. The number of hydrogen-bond acceptors (Lipinski definition) is 5. The zero-order chi connectivity index (χ0) is 29.8. The Morgan fingerprint density at radius 3 is 2.58 bits per heavy atom. The zero-order valence-electron chi connectivity index (χ0n) is 24.5. The predicted octanol–water partition coefficient (Wildman–Crippen LogP) is 7.28. The van der Waals surface area contributed by atoms with Crippen LogP contribution in [0, 0.1) is 12.7 Å². The van der Waals surface area contributed by atoms with Crippen molar-refractivity contribution in [1.82, 2.24) is 9.88 Å². The van der Waals surface area contributed by atoms with Crippen molar-refractivity contribution in [3.8, 4) is 22.6 Å². The Hall–Kier alpha value is -4.23. The van der Waals surface area contributed by atoms with E-state index in [9.17, 15) is 14.3 Å². The molecular formula is C36H37FN2O4. The minimum Gasteiger partial charge on any atom is -0.488 e. The summed E-state index contributed by atoms with van der Waals surface area (Å²) in [6.45, 7) is 3.92. The average Bonchev–Trinajstić information content (AvgIpc) is 3.52. The number of aromatic nitrogens is 1. The normalized spacial score (nSPS) is 16.6. The highest BCUT2D eigenvalue weighted by Gasteiger charge is 2.32. The molecule has 0 saturated carbocycles. The quantitative estimate of drug-likeness (QED) is 0.213. The molecule has 7 heteroatoms. The van der Waals surface area contributed by atoms with Crippen molar-refractivity contribution in [1.29, 1.82) is 0 Å². The van der Waals surface area contributed by atoms with Gasteiger partial charge in [-0.1, -0.05) is 55.0 Å². The molecule has 4 aromatic rings. The summed E-state index contributed by atoms with van der Waals surface area (Å²) in [5.41, 5.74) is 8.66. The molecule has 6 rings (SSSR count). The predicted molar refractivity (Wildman–Crippen MR) is 164 cm³/mol. The molecule has 0 amide bonds. The fourth-order valence-corrected chi connectivity index (χ4v) is 6.51. The van der Waals surface area contributed by atoms with Gasteiger partial charge < -0.3 is 14.6 Å². The van der Waals surface area contributed by atoms with Crippen LogP contribution in [0.4, 0.5) is 4.39 Å². The largest absolute Gasteiger partial charge is 0.488 e. The molecule has 0 spiro atoms.